The van der Waals surface area contributed by atoms with Gasteiger partial charge in [0.15, 0.2) is 0 Å². The fourth-order valence-corrected chi connectivity index (χ4v) is 2.81. The van der Waals surface area contributed by atoms with Crippen LogP contribution in [0.15, 0.2) is 72.8 Å². The molecule has 0 atom stereocenters. The highest BCUT2D eigenvalue weighted by Crippen LogP contribution is 2.24. The van der Waals surface area contributed by atoms with Crippen molar-refractivity contribution in [2.45, 2.75) is 13.5 Å². The number of carbonyl (C=O) groups is 2. The molecule has 0 aliphatic rings. The van der Waals surface area contributed by atoms with Crippen molar-refractivity contribution in [3.8, 4) is 5.75 Å². The van der Waals surface area contributed by atoms with Crippen molar-refractivity contribution in [2.24, 2.45) is 0 Å². The molecule has 0 bridgehead atoms. The Balaban J connectivity index is 1.79. The summed E-state index contributed by atoms with van der Waals surface area (Å²) in [6, 6.07) is 21.9. The third kappa shape index (κ3) is 4.38. The van der Waals surface area contributed by atoms with Crippen LogP contribution in [0.25, 0.3) is 0 Å². The average Bonchev–Trinajstić information content (AvgIpc) is 2.74. The normalized spacial score (nSPS) is 10.2. The Kier molecular flexibility index (Phi) is 6.07. The SMILES string of the molecule is COC(=O)c1cccc(NC(=O)c2ccccc2OCc2ccccc2)c1C. The van der Waals surface area contributed by atoms with Crippen LogP contribution in [0.4, 0.5) is 5.69 Å². The summed E-state index contributed by atoms with van der Waals surface area (Å²) in [7, 11) is 1.33. The maximum absolute atomic E-state index is 12.8. The Bertz CT molecular complexity index is 983. The minimum Gasteiger partial charge on any atom is -0.488 e. The van der Waals surface area contributed by atoms with Gasteiger partial charge in [0, 0.05) is 5.69 Å². The summed E-state index contributed by atoms with van der Waals surface area (Å²) in [4.78, 5) is 24.7. The van der Waals surface area contributed by atoms with Gasteiger partial charge in [0.2, 0.25) is 0 Å². The standard InChI is InChI=1S/C23H21NO4/c1-16-18(23(26)27-2)12-8-13-20(16)24-22(25)19-11-6-7-14-21(19)28-15-17-9-4-3-5-10-17/h3-14H,15H2,1-2H3,(H,24,25). The summed E-state index contributed by atoms with van der Waals surface area (Å²) in [6.07, 6.45) is 0. The number of anilines is 1. The number of esters is 1. The predicted molar refractivity (Wildman–Crippen MR) is 108 cm³/mol. The van der Waals surface area contributed by atoms with Gasteiger partial charge in [-0.1, -0.05) is 48.5 Å². The van der Waals surface area contributed by atoms with E-state index >= 15 is 0 Å². The molecule has 0 aromatic heterocycles. The molecule has 1 amide bonds. The van der Waals surface area contributed by atoms with E-state index in [0.29, 0.717) is 34.7 Å². The molecule has 3 aromatic rings. The first-order chi connectivity index (χ1) is 13.6. The number of rotatable bonds is 6. The molecule has 3 aromatic carbocycles. The summed E-state index contributed by atoms with van der Waals surface area (Å²) in [5.41, 5.74) is 3.03. The van der Waals surface area contributed by atoms with Crippen LogP contribution in [0.1, 0.15) is 31.8 Å². The highest BCUT2D eigenvalue weighted by atomic mass is 16.5. The molecule has 0 aliphatic carbocycles. The monoisotopic (exact) mass is 375 g/mol. The van der Waals surface area contributed by atoms with Gasteiger partial charge in [-0.3, -0.25) is 4.79 Å². The van der Waals surface area contributed by atoms with Crippen molar-refractivity contribution in [1.29, 1.82) is 0 Å². The summed E-state index contributed by atoms with van der Waals surface area (Å²) in [6.45, 7) is 2.13. The molecule has 3 rings (SSSR count). The summed E-state index contributed by atoms with van der Waals surface area (Å²) >= 11 is 0. The maximum Gasteiger partial charge on any atom is 0.338 e. The van der Waals surface area contributed by atoms with E-state index in [2.05, 4.69) is 5.32 Å². The minimum absolute atomic E-state index is 0.311. The van der Waals surface area contributed by atoms with E-state index in [1.807, 2.05) is 36.4 Å². The van der Waals surface area contributed by atoms with Crippen molar-refractivity contribution in [1.82, 2.24) is 0 Å². The zero-order valence-electron chi connectivity index (χ0n) is 15.8. The van der Waals surface area contributed by atoms with Crippen LogP contribution >= 0.6 is 0 Å². The van der Waals surface area contributed by atoms with Crippen molar-refractivity contribution < 1.29 is 19.1 Å². The third-order valence-corrected chi connectivity index (χ3v) is 4.36. The minimum atomic E-state index is -0.444. The first-order valence-electron chi connectivity index (χ1n) is 8.85. The number of ether oxygens (including phenoxy) is 2. The lowest BCUT2D eigenvalue weighted by atomic mass is 10.1. The van der Waals surface area contributed by atoms with Crippen molar-refractivity contribution in [3.05, 3.63) is 95.1 Å². The second kappa shape index (κ2) is 8.86. The highest BCUT2D eigenvalue weighted by molar-refractivity contribution is 6.07. The van der Waals surface area contributed by atoms with Crippen LogP contribution in [0.5, 0.6) is 5.75 Å². The van der Waals surface area contributed by atoms with Crippen LogP contribution in [0.2, 0.25) is 0 Å². The van der Waals surface area contributed by atoms with Gasteiger partial charge in [0.25, 0.3) is 5.91 Å². The number of benzene rings is 3. The Hall–Kier alpha value is -3.60. The molecule has 0 radical (unpaired) electrons. The highest BCUT2D eigenvalue weighted by Gasteiger charge is 2.16. The number of hydrogen-bond acceptors (Lipinski definition) is 4. The van der Waals surface area contributed by atoms with E-state index in [9.17, 15) is 9.59 Å². The molecule has 0 heterocycles. The van der Waals surface area contributed by atoms with E-state index < -0.39 is 5.97 Å². The van der Waals surface area contributed by atoms with Crippen LogP contribution in [0.3, 0.4) is 0 Å². The molecule has 1 N–H and O–H groups in total. The van der Waals surface area contributed by atoms with Crippen LogP contribution in [-0.4, -0.2) is 19.0 Å². The lowest BCUT2D eigenvalue weighted by molar-refractivity contribution is 0.0599. The van der Waals surface area contributed by atoms with Gasteiger partial charge in [-0.2, -0.15) is 0 Å². The topological polar surface area (TPSA) is 64.6 Å². The van der Waals surface area contributed by atoms with Crippen LogP contribution in [0, 0.1) is 6.92 Å². The Morgan fingerprint density at radius 2 is 1.54 bits per heavy atom. The first-order valence-corrected chi connectivity index (χ1v) is 8.85. The number of methoxy groups -OCH3 is 1. The molecule has 5 heteroatoms. The van der Waals surface area contributed by atoms with Gasteiger partial charge in [-0.15, -0.1) is 0 Å². The molecule has 5 nitrogen and oxygen atoms in total. The van der Waals surface area contributed by atoms with Gasteiger partial charge in [-0.25, -0.2) is 4.79 Å². The summed E-state index contributed by atoms with van der Waals surface area (Å²) in [5.74, 6) is -0.264. The molecular weight excluding hydrogens is 354 g/mol. The molecule has 0 saturated heterocycles. The zero-order valence-corrected chi connectivity index (χ0v) is 15.8. The van der Waals surface area contributed by atoms with Crippen LogP contribution in [-0.2, 0) is 11.3 Å². The maximum atomic E-state index is 12.8. The number of hydrogen-bond donors (Lipinski definition) is 1. The molecule has 0 aliphatic heterocycles. The average molecular weight is 375 g/mol. The zero-order chi connectivity index (χ0) is 19.9. The third-order valence-electron chi connectivity index (χ3n) is 4.36. The number of carbonyl (C=O) groups excluding carboxylic acids is 2. The molecule has 0 saturated carbocycles. The van der Waals surface area contributed by atoms with Crippen LogP contribution < -0.4 is 10.1 Å². The summed E-state index contributed by atoms with van der Waals surface area (Å²) < 4.78 is 10.6. The number of amides is 1. The fraction of sp³-hybridized carbons (Fsp3) is 0.130. The predicted octanol–water partition coefficient (Wildman–Crippen LogP) is 4.61. The van der Waals surface area contributed by atoms with Gasteiger partial charge in [-0.05, 0) is 42.3 Å². The molecule has 28 heavy (non-hydrogen) atoms. The van der Waals surface area contributed by atoms with Crippen molar-refractivity contribution in [2.75, 3.05) is 12.4 Å². The lowest BCUT2D eigenvalue weighted by Crippen LogP contribution is -2.15. The van der Waals surface area contributed by atoms with E-state index in [-0.39, 0.29) is 5.91 Å². The second-order valence-corrected chi connectivity index (χ2v) is 6.19. The molecule has 0 fully saturated rings. The van der Waals surface area contributed by atoms with Gasteiger partial charge >= 0.3 is 5.97 Å². The molecule has 142 valence electrons. The van der Waals surface area contributed by atoms with E-state index in [1.165, 1.54) is 7.11 Å². The van der Waals surface area contributed by atoms with Crippen molar-refractivity contribution >= 4 is 17.6 Å². The number of nitrogens with one attached hydrogen (secondary N) is 1. The largest absolute Gasteiger partial charge is 0.488 e. The Labute approximate surface area is 163 Å². The molecule has 0 spiro atoms. The van der Waals surface area contributed by atoms with E-state index in [4.69, 9.17) is 9.47 Å². The van der Waals surface area contributed by atoms with E-state index in [0.717, 1.165) is 5.56 Å². The molecule has 0 unspecified atom stereocenters. The second-order valence-electron chi connectivity index (χ2n) is 6.19. The quantitative estimate of drug-likeness (QED) is 0.639. The lowest BCUT2D eigenvalue weighted by Gasteiger charge is -2.14. The van der Waals surface area contributed by atoms with Gasteiger partial charge in [0.05, 0.1) is 18.2 Å². The van der Waals surface area contributed by atoms with Crippen molar-refractivity contribution in [3.63, 3.8) is 0 Å². The van der Waals surface area contributed by atoms with E-state index in [1.54, 1.807) is 43.3 Å². The van der Waals surface area contributed by atoms with Gasteiger partial charge in [0.1, 0.15) is 12.4 Å². The smallest absolute Gasteiger partial charge is 0.338 e. The first kappa shape index (κ1) is 19.2. The van der Waals surface area contributed by atoms with Gasteiger partial charge < -0.3 is 14.8 Å². The number of para-hydroxylation sites is 1. The fourth-order valence-electron chi connectivity index (χ4n) is 2.81. The molecular formula is C23H21NO4. The Morgan fingerprint density at radius 1 is 0.857 bits per heavy atom. The Morgan fingerprint density at radius 3 is 2.29 bits per heavy atom. The summed E-state index contributed by atoms with van der Waals surface area (Å²) in [5, 5.41) is 2.86.